The van der Waals surface area contributed by atoms with E-state index in [-0.39, 0.29) is 18.0 Å². The molecule has 1 N–H and O–H groups in total. The number of hydrogen-bond acceptors (Lipinski definition) is 5. The summed E-state index contributed by atoms with van der Waals surface area (Å²) in [6, 6.07) is 7.33. The number of hydrogen-bond donors (Lipinski definition) is 1. The van der Waals surface area contributed by atoms with Crippen LogP contribution in [0.5, 0.6) is 0 Å². The number of carbonyl (C=O) groups excluding carboxylic acids is 1. The number of benzene rings is 1. The van der Waals surface area contributed by atoms with Gasteiger partial charge in [-0.05, 0) is 38.7 Å². The largest absolute Gasteiger partial charge is 0.348 e. The van der Waals surface area contributed by atoms with Gasteiger partial charge in [0, 0.05) is 10.3 Å². The van der Waals surface area contributed by atoms with Gasteiger partial charge in [0.05, 0.1) is 23.3 Å². The van der Waals surface area contributed by atoms with E-state index >= 15 is 0 Å². The van der Waals surface area contributed by atoms with Crippen molar-refractivity contribution < 1.29 is 4.79 Å². The van der Waals surface area contributed by atoms with Crippen molar-refractivity contribution in [1.82, 2.24) is 20.1 Å². The lowest BCUT2D eigenvalue weighted by Gasteiger charge is -2.08. The van der Waals surface area contributed by atoms with Crippen LogP contribution in [0.15, 0.2) is 29.1 Å². The third kappa shape index (κ3) is 3.26. The number of amides is 1. The van der Waals surface area contributed by atoms with E-state index in [2.05, 4.69) is 15.4 Å². The van der Waals surface area contributed by atoms with E-state index in [1.54, 1.807) is 17.4 Å². The SMILES string of the molecule is Cc1nn(CC(=O)NCc2nc3c(s2)CCCC3)c(=O)c2ccccc12. The zero-order valence-corrected chi connectivity index (χ0v) is 15.4. The van der Waals surface area contributed by atoms with E-state index in [1.165, 1.54) is 28.1 Å². The summed E-state index contributed by atoms with van der Waals surface area (Å²) in [7, 11) is 0. The van der Waals surface area contributed by atoms with Crippen LogP contribution in [0, 0.1) is 6.92 Å². The zero-order valence-electron chi connectivity index (χ0n) is 14.6. The van der Waals surface area contributed by atoms with Gasteiger partial charge < -0.3 is 5.32 Å². The molecule has 0 spiro atoms. The molecule has 2 aromatic heterocycles. The number of aromatic nitrogens is 3. The Morgan fingerprint density at radius 3 is 2.81 bits per heavy atom. The number of carbonyl (C=O) groups is 1. The van der Waals surface area contributed by atoms with Gasteiger partial charge in [-0.1, -0.05) is 18.2 Å². The molecule has 134 valence electrons. The van der Waals surface area contributed by atoms with Crippen LogP contribution >= 0.6 is 11.3 Å². The molecule has 6 nitrogen and oxygen atoms in total. The standard InChI is InChI=1S/C19H20N4O2S/c1-12-13-6-2-3-7-14(13)19(25)23(22-12)11-17(24)20-10-18-21-15-8-4-5-9-16(15)26-18/h2-3,6-7H,4-5,8-11H2,1H3,(H,20,24). The first-order valence-corrected chi connectivity index (χ1v) is 9.64. The fourth-order valence-electron chi connectivity index (χ4n) is 3.36. The summed E-state index contributed by atoms with van der Waals surface area (Å²) in [6.07, 6.45) is 4.54. The first-order valence-electron chi connectivity index (χ1n) is 8.82. The lowest BCUT2D eigenvalue weighted by molar-refractivity contribution is -0.122. The van der Waals surface area contributed by atoms with Gasteiger partial charge in [-0.2, -0.15) is 5.10 Å². The van der Waals surface area contributed by atoms with Crippen LogP contribution in [0.2, 0.25) is 0 Å². The Labute approximate surface area is 154 Å². The molecule has 1 amide bonds. The number of thiazole rings is 1. The molecule has 0 bridgehead atoms. The highest BCUT2D eigenvalue weighted by Crippen LogP contribution is 2.26. The zero-order chi connectivity index (χ0) is 18.1. The predicted molar refractivity (Wildman–Crippen MR) is 101 cm³/mol. The molecule has 0 fully saturated rings. The first kappa shape index (κ1) is 16.9. The monoisotopic (exact) mass is 368 g/mol. The fraction of sp³-hybridized carbons (Fsp3) is 0.368. The summed E-state index contributed by atoms with van der Waals surface area (Å²) < 4.78 is 1.24. The van der Waals surface area contributed by atoms with Gasteiger partial charge >= 0.3 is 0 Å². The Morgan fingerprint density at radius 2 is 2.00 bits per heavy atom. The molecule has 0 unspecified atom stereocenters. The lowest BCUT2D eigenvalue weighted by atomic mass is 10.0. The molecular weight excluding hydrogens is 348 g/mol. The van der Waals surface area contributed by atoms with Crippen molar-refractivity contribution in [1.29, 1.82) is 0 Å². The summed E-state index contributed by atoms with van der Waals surface area (Å²) >= 11 is 1.68. The van der Waals surface area contributed by atoms with Crippen molar-refractivity contribution in [2.24, 2.45) is 0 Å². The van der Waals surface area contributed by atoms with Crippen LogP contribution in [0.4, 0.5) is 0 Å². The van der Waals surface area contributed by atoms with Crippen molar-refractivity contribution in [3.8, 4) is 0 Å². The van der Waals surface area contributed by atoms with Crippen LogP contribution in [-0.4, -0.2) is 20.7 Å². The Kier molecular flexibility index (Phi) is 4.55. The lowest BCUT2D eigenvalue weighted by Crippen LogP contribution is -2.33. The molecule has 0 atom stereocenters. The molecule has 2 heterocycles. The van der Waals surface area contributed by atoms with Crippen molar-refractivity contribution in [2.45, 2.75) is 45.7 Å². The fourth-order valence-corrected chi connectivity index (χ4v) is 4.46. The van der Waals surface area contributed by atoms with Gasteiger partial charge in [0.15, 0.2) is 0 Å². The van der Waals surface area contributed by atoms with Crippen LogP contribution in [0.25, 0.3) is 10.8 Å². The summed E-state index contributed by atoms with van der Waals surface area (Å²) in [6.45, 7) is 2.16. The minimum Gasteiger partial charge on any atom is -0.348 e. The van der Waals surface area contributed by atoms with Crippen LogP contribution in [0.3, 0.4) is 0 Å². The highest BCUT2D eigenvalue weighted by atomic mass is 32.1. The van der Waals surface area contributed by atoms with Crippen LogP contribution in [-0.2, 0) is 30.7 Å². The van der Waals surface area contributed by atoms with Crippen molar-refractivity contribution in [3.63, 3.8) is 0 Å². The van der Waals surface area contributed by atoms with Gasteiger partial charge in [0.25, 0.3) is 5.56 Å². The smallest absolute Gasteiger partial charge is 0.275 e. The second-order valence-corrected chi connectivity index (χ2v) is 7.72. The highest BCUT2D eigenvalue weighted by molar-refractivity contribution is 7.11. The van der Waals surface area contributed by atoms with Gasteiger partial charge in [-0.3, -0.25) is 9.59 Å². The summed E-state index contributed by atoms with van der Waals surface area (Å²) in [5, 5.41) is 9.48. The number of fused-ring (bicyclic) bond motifs is 2. The molecule has 1 aromatic carbocycles. The number of rotatable bonds is 4. The van der Waals surface area contributed by atoms with Crippen molar-refractivity contribution >= 4 is 28.0 Å². The van der Waals surface area contributed by atoms with Gasteiger partial charge in [0.2, 0.25) is 5.91 Å². The summed E-state index contributed by atoms with van der Waals surface area (Å²) in [5.74, 6) is -0.234. The van der Waals surface area contributed by atoms with E-state index < -0.39 is 0 Å². The van der Waals surface area contributed by atoms with E-state index in [0.29, 0.717) is 11.9 Å². The molecule has 4 rings (SSSR count). The molecule has 7 heteroatoms. The molecule has 0 radical (unpaired) electrons. The minimum atomic E-state index is -0.244. The number of nitrogens with one attached hydrogen (secondary N) is 1. The van der Waals surface area contributed by atoms with Crippen LogP contribution in [0.1, 0.15) is 34.1 Å². The molecule has 3 aromatic rings. The minimum absolute atomic E-state index is 0.0877. The van der Waals surface area contributed by atoms with E-state index in [9.17, 15) is 9.59 Å². The second kappa shape index (κ2) is 6.99. The Hall–Kier alpha value is -2.54. The molecule has 0 saturated heterocycles. The predicted octanol–water partition coefficient (Wildman–Crippen LogP) is 2.36. The molecular formula is C19H20N4O2S. The Morgan fingerprint density at radius 1 is 1.23 bits per heavy atom. The normalized spacial score (nSPS) is 13.6. The maximum Gasteiger partial charge on any atom is 0.275 e. The summed E-state index contributed by atoms with van der Waals surface area (Å²) in [5.41, 5.74) is 1.68. The van der Waals surface area contributed by atoms with Crippen molar-refractivity contribution in [2.75, 3.05) is 0 Å². The van der Waals surface area contributed by atoms with Gasteiger partial charge in [-0.15, -0.1) is 11.3 Å². The maximum atomic E-state index is 12.5. The quantitative estimate of drug-likeness (QED) is 0.767. The molecule has 0 saturated carbocycles. The highest BCUT2D eigenvalue weighted by Gasteiger charge is 2.16. The van der Waals surface area contributed by atoms with Gasteiger partial charge in [0.1, 0.15) is 11.6 Å². The average Bonchev–Trinajstić information content (AvgIpc) is 3.07. The topological polar surface area (TPSA) is 76.9 Å². The third-order valence-electron chi connectivity index (χ3n) is 4.67. The molecule has 0 aliphatic heterocycles. The van der Waals surface area contributed by atoms with Gasteiger partial charge in [-0.25, -0.2) is 9.67 Å². The molecule has 26 heavy (non-hydrogen) atoms. The number of nitrogens with zero attached hydrogens (tertiary/aromatic N) is 3. The Balaban J connectivity index is 1.47. The molecule has 1 aliphatic rings. The van der Waals surface area contributed by atoms with E-state index in [0.717, 1.165) is 28.9 Å². The maximum absolute atomic E-state index is 12.5. The van der Waals surface area contributed by atoms with Crippen LogP contribution < -0.4 is 10.9 Å². The van der Waals surface area contributed by atoms with Crippen molar-refractivity contribution in [3.05, 3.63) is 55.9 Å². The third-order valence-corrected chi connectivity index (χ3v) is 5.83. The summed E-state index contributed by atoms with van der Waals surface area (Å²) in [4.78, 5) is 30.8. The number of aryl methyl sites for hydroxylation is 3. The molecule has 1 aliphatic carbocycles. The van der Waals surface area contributed by atoms with E-state index in [1.807, 2.05) is 25.1 Å². The second-order valence-electron chi connectivity index (χ2n) is 6.56. The average molecular weight is 368 g/mol. The van der Waals surface area contributed by atoms with E-state index in [4.69, 9.17) is 0 Å². The Bertz CT molecular complexity index is 1010. The first-order chi connectivity index (χ1) is 12.6.